The zero-order valence-corrected chi connectivity index (χ0v) is 10.6. The lowest BCUT2D eigenvalue weighted by atomic mass is 10.2. The van der Waals surface area contributed by atoms with Gasteiger partial charge in [-0.3, -0.25) is 4.21 Å². The molecule has 1 saturated heterocycles. The first-order chi connectivity index (χ1) is 7.68. The van der Waals surface area contributed by atoms with Crippen molar-refractivity contribution in [2.75, 3.05) is 13.1 Å². The first-order valence-corrected chi connectivity index (χ1v) is 6.88. The molecule has 1 atom stereocenters. The highest BCUT2D eigenvalue weighted by molar-refractivity contribution is 7.85. The minimum absolute atomic E-state index is 0.153. The highest BCUT2D eigenvalue weighted by Crippen LogP contribution is 2.18. The van der Waals surface area contributed by atoms with Crippen LogP contribution in [0.2, 0.25) is 5.15 Å². The average molecular weight is 260 g/mol. The third-order valence-corrected chi connectivity index (χ3v) is 4.67. The molecule has 0 radical (unpaired) electrons. The summed E-state index contributed by atoms with van der Waals surface area (Å²) in [6, 6.07) is 0. The van der Waals surface area contributed by atoms with Crippen molar-refractivity contribution in [2.45, 2.75) is 30.2 Å². The molecule has 1 aliphatic heterocycles. The van der Waals surface area contributed by atoms with E-state index < -0.39 is 10.8 Å². The minimum Gasteiger partial charge on any atom is -0.317 e. The molecule has 1 aromatic rings. The predicted molar refractivity (Wildman–Crippen MR) is 64.1 cm³/mol. The third-order valence-electron chi connectivity index (χ3n) is 2.66. The molecule has 1 N–H and O–H groups in total. The number of aryl methyl sites for hydroxylation is 1. The van der Waals surface area contributed by atoms with E-state index in [2.05, 4.69) is 15.3 Å². The molecule has 0 saturated carbocycles. The molecule has 0 spiro atoms. The second kappa shape index (κ2) is 5.21. The smallest absolute Gasteiger partial charge is 0.220 e. The van der Waals surface area contributed by atoms with Crippen LogP contribution in [0.1, 0.15) is 18.4 Å². The number of piperidine rings is 1. The highest BCUT2D eigenvalue weighted by atomic mass is 35.5. The van der Waals surface area contributed by atoms with Crippen LogP contribution in [0, 0.1) is 6.92 Å². The van der Waals surface area contributed by atoms with Crippen molar-refractivity contribution in [3.63, 3.8) is 0 Å². The molecule has 0 amide bonds. The second-order valence-corrected chi connectivity index (χ2v) is 5.86. The Bertz CT molecular complexity index is 407. The van der Waals surface area contributed by atoms with Gasteiger partial charge in [-0.1, -0.05) is 11.6 Å². The number of nitrogens with zero attached hydrogens (tertiary/aromatic N) is 2. The van der Waals surface area contributed by atoms with E-state index in [0.29, 0.717) is 10.3 Å². The average Bonchev–Trinajstić information content (AvgIpc) is 2.33. The molecule has 16 heavy (non-hydrogen) atoms. The molecule has 2 rings (SSSR count). The van der Waals surface area contributed by atoms with Crippen LogP contribution in [-0.4, -0.2) is 32.5 Å². The maximum Gasteiger partial charge on any atom is 0.220 e. The van der Waals surface area contributed by atoms with Crippen molar-refractivity contribution < 1.29 is 4.21 Å². The standard InChI is InChI=1S/C10H14ClN3OS/c1-7-6-13-10(14-9(7)11)16(15)8-2-4-12-5-3-8/h6,8,12H,2-5H2,1H3/t16-/m0/s1. The van der Waals surface area contributed by atoms with Gasteiger partial charge in [-0.2, -0.15) is 0 Å². The Kier molecular flexibility index (Phi) is 3.89. The maximum absolute atomic E-state index is 12.2. The molecular formula is C10H14ClN3OS. The zero-order chi connectivity index (χ0) is 11.5. The SMILES string of the molecule is Cc1cnc([S@@](=O)C2CCNCC2)nc1Cl. The predicted octanol–water partition coefficient (Wildman–Crippen LogP) is 1.30. The van der Waals surface area contributed by atoms with Gasteiger partial charge in [0.2, 0.25) is 5.16 Å². The van der Waals surface area contributed by atoms with Gasteiger partial charge in [-0.15, -0.1) is 0 Å². The van der Waals surface area contributed by atoms with Gasteiger partial charge in [0.05, 0.1) is 10.8 Å². The quantitative estimate of drug-likeness (QED) is 0.643. The number of aromatic nitrogens is 2. The molecule has 1 fully saturated rings. The number of hydrogen-bond donors (Lipinski definition) is 1. The van der Waals surface area contributed by atoms with E-state index in [1.807, 2.05) is 6.92 Å². The van der Waals surface area contributed by atoms with Gasteiger partial charge in [0.1, 0.15) is 5.15 Å². The second-order valence-electron chi connectivity index (χ2n) is 3.87. The third kappa shape index (κ3) is 2.59. The van der Waals surface area contributed by atoms with Crippen LogP contribution in [0.4, 0.5) is 0 Å². The molecule has 1 aliphatic rings. The van der Waals surface area contributed by atoms with Crippen LogP contribution in [0.25, 0.3) is 0 Å². The molecule has 2 heterocycles. The fourth-order valence-corrected chi connectivity index (χ4v) is 3.14. The van der Waals surface area contributed by atoms with E-state index in [0.717, 1.165) is 31.5 Å². The van der Waals surface area contributed by atoms with Crippen molar-refractivity contribution in [3.05, 3.63) is 16.9 Å². The summed E-state index contributed by atoms with van der Waals surface area (Å²) in [6.45, 7) is 3.66. The summed E-state index contributed by atoms with van der Waals surface area (Å²) >= 11 is 5.90. The molecular weight excluding hydrogens is 246 g/mol. The van der Waals surface area contributed by atoms with Gasteiger partial charge in [0.25, 0.3) is 0 Å². The van der Waals surface area contributed by atoms with E-state index in [9.17, 15) is 4.21 Å². The molecule has 0 aliphatic carbocycles. The van der Waals surface area contributed by atoms with Crippen LogP contribution < -0.4 is 5.32 Å². The molecule has 0 unspecified atom stereocenters. The van der Waals surface area contributed by atoms with Crippen molar-refractivity contribution in [1.29, 1.82) is 0 Å². The first-order valence-electron chi connectivity index (χ1n) is 5.29. The number of nitrogens with one attached hydrogen (secondary N) is 1. The summed E-state index contributed by atoms with van der Waals surface area (Å²) in [4.78, 5) is 8.18. The van der Waals surface area contributed by atoms with Crippen LogP contribution in [0.5, 0.6) is 0 Å². The first kappa shape index (κ1) is 12.0. The monoisotopic (exact) mass is 259 g/mol. The summed E-state index contributed by atoms with van der Waals surface area (Å²) in [5.74, 6) is 0. The summed E-state index contributed by atoms with van der Waals surface area (Å²) in [5.41, 5.74) is 0.813. The topological polar surface area (TPSA) is 54.9 Å². The van der Waals surface area contributed by atoms with Gasteiger partial charge in [0.15, 0.2) is 0 Å². The summed E-state index contributed by atoms with van der Waals surface area (Å²) < 4.78 is 12.2. The van der Waals surface area contributed by atoms with Gasteiger partial charge in [-0.25, -0.2) is 9.97 Å². The van der Waals surface area contributed by atoms with E-state index >= 15 is 0 Å². The van der Waals surface area contributed by atoms with Crippen molar-refractivity contribution in [3.8, 4) is 0 Å². The zero-order valence-electron chi connectivity index (χ0n) is 9.07. The van der Waals surface area contributed by atoms with E-state index in [4.69, 9.17) is 11.6 Å². The van der Waals surface area contributed by atoms with Crippen molar-refractivity contribution in [2.24, 2.45) is 0 Å². The maximum atomic E-state index is 12.2. The summed E-state index contributed by atoms with van der Waals surface area (Å²) in [7, 11) is -1.14. The number of halogens is 1. The van der Waals surface area contributed by atoms with Gasteiger partial charge in [0, 0.05) is 17.0 Å². The molecule has 6 heteroatoms. The molecule has 0 aromatic carbocycles. The van der Waals surface area contributed by atoms with E-state index in [1.54, 1.807) is 6.20 Å². The van der Waals surface area contributed by atoms with Crippen molar-refractivity contribution in [1.82, 2.24) is 15.3 Å². The van der Waals surface area contributed by atoms with E-state index in [-0.39, 0.29) is 5.25 Å². The van der Waals surface area contributed by atoms with Gasteiger partial charge < -0.3 is 5.32 Å². The molecule has 0 bridgehead atoms. The molecule has 4 nitrogen and oxygen atoms in total. The fourth-order valence-electron chi connectivity index (χ4n) is 1.66. The Morgan fingerprint density at radius 3 is 2.81 bits per heavy atom. The fraction of sp³-hybridized carbons (Fsp3) is 0.600. The normalized spacial score (nSPS) is 19.6. The highest BCUT2D eigenvalue weighted by Gasteiger charge is 2.23. The number of rotatable bonds is 2. The minimum atomic E-state index is -1.14. The van der Waals surface area contributed by atoms with Crippen LogP contribution >= 0.6 is 11.6 Å². The van der Waals surface area contributed by atoms with Gasteiger partial charge >= 0.3 is 0 Å². The van der Waals surface area contributed by atoms with Crippen LogP contribution in [0.3, 0.4) is 0 Å². The lowest BCUT2D eigenvalue weighted by molar-refractivity contribution is 0.517. The summed E-state index contributed by atoms with van der Waals surface area (Å²) in [5, 5.41) is 4.15. The van der Waals surface area contributed by atoms with Gasteiger partial charge in [-0.05, 0) is 32.9 Å². The molecule has 1 aromatic heterocycles. The van der Waals surface area contributed by atoms with Crippen LogP contribution in [-0.2, 0) is 10.8 Å². The largest absolute Gasteiger partial charge is 0.317 e. The Labute approximate surface area is 102 Å². The Hall–Kier alpha value is -0.520. The van der Waals surface area contributed by atoms with Crippen molar-refractivity contribution >= 4 is 22.4 Å². The Morgan fingerprint density at radius 2 is 2.19 bits per heavy atom. The Morgan fingerprint density at radius 1 is 1.50 bits per heavy atom. The number of hydrogen-bond acceptors (Lipinski definition) is 4. The lowest BCUT2D eigenvalue weighted by Crippen LogP contribution is -2.33. The molecule has 88 valence electrons. The lowest BCUT2D eigenvalue weighted by Gasteiger charge is -2.21. The van der Waals surface area contributed by atoms with E-state index in [1.165, 1.54) is 0 Å². The van der Waals surface area contributed by atoms with Crippen LogP contribution in [0.15, 0.2) is 11.4 Å². The Balaban J connectivity index is 2.16. The summed E-state index contributed by atoms with van der Waals surface area (Å²) in [6.07, 6.45) is 3.44.